The summed E-state index contributed by atoms with van der Waals surface area (Å²) in [5.74, 6) is 0.912. The molecule has 10 heteroatoms. The Hall–Kier alpha value is -3.43. The Morgan fingerprint density at radius 2 is 2.03 bits per heavy atom. The first-order chi connectivity index (χ1) is 15.6. The molecule has 1 aliphatic rings. The van der Waals surface area contributed by atoms with Crippen LogP contribution in [0.4, 0.5) is 19.4 Å². The van der Waals surface area contributed by atoms with Crippen LogP contribution in [0.15, 0.2) is 36.7 Å². The van der Waals surface area contributed by atoms with Crippen molar-refractivity contribution < 1.29 is 18.3 Å². The maximum absolute atomic E-state index is 13.1. The van der Waals surface area contributed by atoms with Gasteiger partial charge in [0.2, 0.25) is 0 Å². The number of carbonyl (C=O) groups excluding carboxylic acids is 1. The first kappa shape index (κ1) is 22.8. The van der Waals surface area contributed by atoms with E-state index in [0.29, 0.717) is 25.2 Å². The number of benzene rings is 1. The van der Waals surface area contributed by atoms with E-state index in [1.165, 1.54) is 12.1 Å². The number of nitrogens with zero attached hydrogens (tertiary/aromatic N) is 4. The van der Waals surface area contributed by atoms with Gasteiger partial charge in [-0.05, 0) is 51.5 Å². The second kappa shape index (κ2) is 8.84. The summed E-state index contributed by atoms with van der Waals surface area (Å²) in [6, 6.07) is 7.82. The lowest BCUT2D eigenvalue weighted by Gasteiger charge is -2.47. The number of amides is 2. The Morgan fingerprint density at radius 3 is 2.76 bits per heavy atom. The van der Waals surface area contributed by atoms with E-state index in [4.69, 9.17) is 0 Å². The molecule has 33 heavy (non-hydrogen) atoms. The molecule has 2 amide bonds. The topological polar surface area (TPSA) is 86.4 Å². The molecular weight excluding hydrogens is 430 g/mol. The molecule has 0 saturated carbocycles. The molecule has 2 N–H and O–H groups in total. The highest BCUT2D eigenvalue weighted by atomic mass is 19.3. The summed E-state index contributed by atoms with van der Waals surface area (Å²) in [4.78, 5) is 29.2. The minimum Gasteiger partial charge on any atom is -0.435 e. The van der Waals surface area contributed by atoms with E-state index in [2.05, 4.69) is 29.9 Å². The number of fused-ring (bicyclic) bond motifs is 1. The summed E-state index contributed by atoms with van der Waals surface area (Å²) in [6.07, 6.45) is 1.55. The second-order valence-electron chi connectivity index (χ2n) is 8.92. The lowest BCUT2D eigenvalue weighted by molar-refractivity contribution is -0.0499. The minimum absolute atomic E-state index is 0.0636. The van der Waals surface area contributed by atoms with Gasteiger partial charge in [0, 0.05) is 25.3 Å². The monoisotopic (exact) mass is 458 g/mol. The Labute approximate surface area is 191 Å². The van der Waals surface area contributed by atoms with Crippen molar-refractivity contribution in [1.82, 2.24) is 25.2 Å². The Morgan fingerprint density at radius 1 is 1.24 bits per heavy atom. The smallest absolute Gasteiger partial charge is 0.387 e. The van der Waals surface area contributed by atoms with Crippen molar-refractivity contribution in [3.05, 3.63) is 47.9 Å². The van der Waals surface area contributed by atoms with Crippen molar-refractivity contribution in [3.63, 3.8) is 0 Å². The van der Waals surface area contributed by atoms with E-state index in [1.807, 2.05) is 33.8 Å². The number of aryl methyl sites for hydroxylation is 1. The third-order valence-electron chi connectivity index (χ3n) is 5.91. The van der Waals surface area contributed by atoms with Crippen molar-refractivity contribution in [2.24, 2.45) is 0 Å². The van der Waals surface area contributed by atoms with Crippen LogP contribution in [0, 0.1) is 6.92 Å². The molecule has 1 fully saturated rings. The van der Waals surface area contributed by atoms with Gasteiger partial charge in [0.1, 0.15) is 23.5 Å². The van der Waals surface area contributed by atoms with Gasteiger partial charge < -0.3 is 24.8 Å². The molecule has 2 aromatic heterocycles. The molecule has 3 aromatic rings. The number of piperazine rings is 1. The van der Waals surface area contributed by atoms with Gasteiger partial charge in [-0.25, -0.2) is 14.8 Å². The van der Waals surface area contributed by atoms with Gasteiger partial charge in [0.25, 0.3) is 0 Å². The fourth-order valence-electron chi connectivity index (χ4n) is 4.33. The molecule has 176 valence electrons. The van der Waals surface area contributed by atoms with Crippen molar-refractivity contribution in [3.8, 4) is 5.75 Å². The van der Waals surface area contributed by atoms with Gasteiger partial charge in [0.15, 0.2) is 0 Å². The van der Waals surface area contributed by atoms with Crippen LogP contribution in [0.1, 0.15) is 38.1 Å². The van der Waals surface area contributed by atoms with Gasteiger partial charge in [0.05, 0.1) is 17.0 Å². The lowest BCUT2D eigenvalue weighted by atomic mass is 9.99. The van der Waals surface area contributed by atoms with Crippen LogP contribution < -0.4 is 15.0 Å². The third-order valence-corrected chi connectivity index (χ3v) is 5.91. The van der Waals surface area contributed by atoms with Crippen molar-refractivity contribution in [2.45, 2.75) is 45.9 Å². The highest BCUT2D eigenvalue weighted by Gasteiger charge is 2.38. The van der Waals surface area contributed by atoms with Crippen LogP contribution in [-0.4, -0.2) is 57.7 Å². The first-order valence-corrected chi connectivity index (χ1v) is 10.8. The molecule has 0 unspecified atom stereocenters. The molecule has 0 spiro atoms. The minimum atomic E-state index is -2.89. The quantitative estimate of drug-likeness (QED) is 0.597. The average molecular weight is 459 g/mol. The van der Waals surface area contributed by atoms with E-state index < -0.39 is 12.2 Å². The number of rotatable bonds is 5. The molecule has 1 atom stereocenters. The number of halogens is 2. The fraction of sp³-hybridized carbons (Fsp3) is 0.435. The standard InChI is InChI=1S/C23H28F2N6O2/c1-14-10-18-19(28-14)26-13-27-20(18)30-8-9-31(23(3,4)12-30)22(32)29-15(2)16-6-5-7-17(11-16)33-21(24)25/h5-7,10-11,13,15,21H,8-9,12H2,1-4H3,(H,29,32)(H,26,27,28)/t15-/m0/s1. The van der Waals surface area contributed by atoms with Crippen LogP contribution in [0.25, 0.3) is 11.0 Å². The molecular formula is C23H28F2N6O2. The van der Waals surface area contributed by atoms with Gasteiger partial charge in [-0.15, -0.1) is 0 Å². The Kier molecular flexibility index (Phi) is 6.09. The summed E-state index contributed by atoms with van der Waals surface area (Å²) in [6.45, 7) is 6.66. The molecule has 0 bridgehead atoms. The second-order valence-corrected chi connectivity index (χ2v) is 8.92. The first-order valence-electron chi connectivity index (χ1n) is 10.8. The van der Waals surface area contributed by atoms with Crippen LogP contribution in [0.3, 0.4) is 0 Å². The van der Waals surface area contributed by atoms with Crippen LogP contribution in [0.5, 0.6) is 5.75 Å². The van der Waals surface area contributed by atoms with Crippen molar-refractivity contribution in [2.75, 3.05) is 24.5 Å². The normalized spacial score (nSPS) is 16.8. The number of alkyl halides is 2. The van der Waals surface area contributed by atoms with Gasteiger partial charge in [-0.1, -0.05) is 12.1 Å². The number of carbonyl (C=O) groups is 1. The van der Waals surface area contributed by atoms with Gasteiger partial charge in [-0.3, -0.25) is 0 Å². The number of anilines is 1. The van der Waals surface area contributed by atoms with E-state index in [9.17, 15) is 13.6 Å². The summed E-state index contributed by atoms with van der Waals surface area (Å²) >= 11 is 0. The molecule has 4 rings (SSSR count). The predicted octanol–water partition coefficient (Wildman–Crippen LogP) is 4.24. The zero-order chi connectivity index (χ0) is 23.8. The third kappa shape index (κ3) is 4.84. The van der Waals surface area contributed by atoms with Crippen molar-refractivity contribution >= 4 is 22.9 Å². The molecule has 1 saturated heterocycles. The summed E-state index contributed by atoms with van der Waals surface area (Å²) in [5.41, 5.74) is 2.03. The molecule has 0 aliphatic carbocycles. The van der Waals surface area contributed by atoms with Crippen LogP contribution >= 0.6 is 0 Å². The van der Waals surface area contributed by atoms with E-state index in [0.717, 1.165) is 22.5 Å². The highest BCUT2D eigenvalue weighted by Crippen LogP contribution is 2.30. The summed E-state index contributed by atoms with van der Waals surface area (Å²) in [7, 11) is 0. The number of urea groups is 1. The number of H-pyrrole nitrogens is 1. The van der Waals surface area contributed by atoms with Crippen molar-refractivity contribution in [1.29, 1.82) is 0 Å². The molecule has 1 aromatic carbocycles. The zero-order valence-electron chi connectivity index (χ0n) is 19.1. The zero-order valence-corrected chi connectivity index (χ0v) is 19.1. The number of aromatic nitrogens is 3. The van der Waals surface area contributed by atoms with Crippen LogP contribution in [0.2, 0.25) is 0 Å². The largest absolute Gasteiger partial charge is 0.435 e. The summed E-state index contributed by atoms with van der Waals surface area (Å²) in [5, 5.41) is 3.95. The molecule has 0 radical (unpaired) electrons. The SMILES string of the molecule is Cc1cc2c(N3CCN(C(=O)N[C@@H](C)c4cccc(OC(F)F)c4)C(C)(C)C3)ncnc2[nH]1. The number of aromatic amines is 1. The molecule has 1 aliphatic heterocycles. The maximum Gasteiger partial charge on any atom is 0.387 e. The number of hydrogen-bond donors (Lipinski definition) is 2. The Balaban J connectivity index is 1.45. The average Bonchev–Trinajstić information content (AvgIpc) is 3.12. The van der Waals surface area contributed by atoms with Gasteiger partial charge >= 0.3 is 12.6 Å². The Bertz CT molecular complexity index is 1150. The number of ether oxygens (including phenoxy) is 1. The summed E-state index contributed by atoms with van der Waals surface area (Å²) < 4.78 is 29.5. The number of hydrogen-bond acceptors (Lipinski definition) is 5. The lowest BCUT2D eigenvalue weighted by Crippen LogP contribution is -2.63. The number of nitrogens with one attached hydrogen (secondary N) is 2. The predicted molar refractivity (Wildman–Crippen MR) is 122 cm³/mol. The van der Waals surface area contributed by atoms with E-state index in [-0.39, 0.29) is 17.8 Å². The van der Waals surface area contributed by atoms with Gasteiger partial charge in [-0.2, -0.15) is 8.78 Å². The van der Waals surface area contributed by atoms with E-state index >= 15 is 0 Å². The molecule has 3 heterocycles. The fourth-order valence-corrected chi connectivity index (χ4v) is 4.33. The van der Waals surface area contributed by atoms with Crippen LogP contribution in [-0.2, 0) is 0 Å². The molecule has 8 nitrogen and oxygen atoms in total. The van der Waals surface area contributed by atoms with E-state index in [1.54, 1.807) is 23.4 Å². The maximum atomic E-state index is 13.1. The highest BCUT2D eigenvalue weighted by molar-refractivity contribution is 5.88.